The summed E-state index contributed by atoms with van der Waals surface area (Å²) in [4.78, 5) is 31.0. The number of nitrogens with zero attached hydrogens (tertiary/aromatic N) is 6. The number of likely N-dealkylation sites (N-methyl/N-ethyl adjacent to an activating group) is 1. The molecule has 2 atom stereocenters. The summed E-state index contributed by atoms with van der Waals surface area (Å²) in [5.41, 5.74) is 2.80. The number of alkyl halides is 3. The van der Waals surface area contributed by atoms with Gasteiger partial charge in [-0.05, 0) is 58.0 Å². The smallest absolute Gasteiger partial charge is 0.418 e. The van der Waals surface area contributed by atoms with Crippen molar-refractivity contribution >= 4 is 40.0 Å². The van der Waals surface area contributed by atoms with E-state index >= 15 is 4.39 Å². The van der Waals surface area contributed by atoms with Crippen LogP contribution >= 0.6 is 11.6 Å². The molecule has 3 aromatic rings. The molecular weight excluding hydrogens is 618 g/mol. The number of nitrogen functional groups attached to an aromatic ring is 1. The third-order valence-electron chi connectivity index (χ3n) is 8.25. The molecule has 0 bridgehead atoms. The van der Waals surface area contributed by atoms with Crippen LogP contribution in [-0.4, -0.2) is 94.3 Å². The van der Waals surface area contributed by atoms with Crippen molar-refractivity contribution < 1.29 is 32.2 Å². The summed E-state index contributed by atoms with van der Waals surface area (Å²) >= 11 is 6.55. The van der Waals surface area contributed by atoms with Crippen molar-refractivity contribution in [2.75, 3.05) is 57.1 Å². The Morgan fingerprint density at radius 2 is 1.98 bits per heavy atom. The molecule has 0 spiro atoms. The van der Waals surface area contributed by atoms with E-state index in [0.29, 0.717) is 19.6 Å². The van der Waals surface area contributed by atoms with Gasteiger partial charge in [-0.25, -0.2) is 9.37 Å². The number of likely N-dealkylation sites (tertiary alicyclic amines) is 1. The molecule has 2 saturated heterocycles. The van der Waals surface area contributed by atoms with Crippen molar-refractivity contribution in [1.29, 1.82) is 0 Å². The van der Waals surface area contributed by atoms with Crippen LogP contribution in [0, 0.1) is 12.7 Å². The van der Waals surface area contributed by atoms with Gasteiger partial charge in [0.05, 0.1) is 28.5 Å². The van der Waals surface area contributed by atoms with E-state index in [-0.39, 0.29) is 70.3 Å². The molecule has 45 heavy (non-hydrogen) atoms. The molecule has 0 saturated carbocycles. The number of carbonyl (C=O) groups excluding carboxylic acids is 1. The molecule has 1 aromatic carbocycles. The van der Waals surface area contributed by atoms with Gasteiger partial charge in [0.2, 0.25) is 5.91 Å². The van der Waals surface area contributed by atoms with E-state index in [9.17, 15) is 18.0 Å². The number of aryl methyl sites for hydroxylation is 1. The Labute approximate surface area is 262 Å². The first kappa shape index (κ1) is 32.6. The number of amides is 1. The first-order valence-electron chi connectivity index (χ1n) is 14.5. The Balaban J connectivity index is 1.64. The maximum atomic E-state index is 16.6. The van der Waals surface area contributed by atoms with Crippen molar-refractivity contribution in [3.05, 3.63) is 46.3 Å². The Hall–Kier alpha value is -3.75. The van der Waals surface area contributed by atoms with Crippen LogP contribution in [0.1, 0.15) is 30.9 Å². The van der Waals surface area contributed by atoms with E-state index in [0.717, 1.165) is 25.5 Å². The highest BCUT2D eigenvalue weighted by Crippen LogP contribution is 2.44. The molecular formula is C30H34ClF4N7O3. The highest BCUT2D eigenvalue weighted by molar-refractivity contribution is 6.34. The number of hydrogen-bond donors (Lipinski definition) is 2. The van der Waals surface area contributed by atoms with Gasteiger partial charge in [-0.2, -0.15) is 23.1 Å². The molecule has 10 nitrogen and oxygen atoms in total. The third kappa shape index (κ3) is 6.63. The molecule has 2 aliphatic heterocycles. The minimum absolute atomic E-state index is 0.0904. The van der Waals surface area contributed by atoms with Crippen LogP contribution < -0.4 is 15.4 Å². The van der Waals surface area contributed by atoms with Crippen LogP contribution in [0.3, 0.4) is 0 Å². The Bertz CT molecular complexity index is 1640. The highest BCUT2D eigenvalue weighted by Gasteiger charge is 2.39. The lowest BCUT2D eigenvalue weighted by molar-refractivity contribution is -0.137. The Morgan fingerprint density at radius 3 is 2.62 bits per heavy atom. The first-order chi connectivity index (χ1) is 21.3. The lowest BCUT2D eigenvalue weighted by Crippen LogP contribution is -2.53. The van der Waals surface area contributed by atoms with Gasteiger partial charge < -0.3 is 30.3 Å². The molecule has 1 amide bonds. The normalized spacial score (nSPS) is 19.7. The number of carbonyl (C=O) groups is 1. The number of fused-ring (bicyclic) bond motifs is 1. The van der Waals surface area contributed by atoms with Gasteiger partial charge in [0.15, 0.2) is 5.82 Å². The third-order valence-corrected chi connectivity index (χ3v) is 8.55. The number of aliphatic hydroxyl groups excluding tert-OH is 1. The molecule has 2 fully saturated rings. The average Bonchev–Trinajstić information content (AvgIpc) is 3.38. The molecule has 15 heteroatoms. The number of hydrogen-bond acceptors (Lipinski definition) is 9. The van der Waals surface area contributed by atoms with E-state index in [4.69, 9.17) is 27.2 Å². The van der Waals surface area contributed by atoms with Crippen molar-refractivity contribution in [3.8, 4) is 17.3 Å². The van der Waals surface area contributed by atoms with Crippen LogP contribution in [0.25, 0.3) is 22.2 Å². The number of halogens is 5. The number of aromatic nitrogens is 3. The Kier molecular flexibility index (Phi) is 9.38. The van der Waals surface area contributed by atoms with E-state index in [2.05, 4.69) is 19.9 Å². The molecule has 0 aliphatic carbocycles. The summed E-state index contributed by atoms with van der Waals surface area (Å²) < 4.78 is 65.2. The molecule has 2 aromatic heterocycles. The molecule has 4 heterocycles. The maximum absolute atomic E-state index is 16.6. The van der Waals surface area contributed by atoms with Crippen molar-refractivity contribution in [1.82, 2.24) is 24.8 Å². The molecule has 0 radical (unpaired) electrons. The fourth-order valence-corrected chi connectivity index (χ4v) is 6.27. The molecule has 5 rings (SSSR count). The van der Waals surface area contributed by atoms with Crippen LogP contribution in [0.2, 0.25) is 5.02 Å². The van der Waals surface area contributed by atoms with E-state index in [1.165, 1.54) is 25.1 Å². The average molecular weight is 652 g/mol. The van der Waals surface area contributed by atoms with Gasteiger partial charge in [0, 0.05) is 43.2 Å². The quantitative estimate of drug-likeness (QED) is 0.282. The van der Waals surface area contributed by atoms with Crippen LogP contribution in [0.5, 0.6) is 6.01 Å². The second kappa shape index (κ2) is 12.9. The van der Waals surface area contributed by atoms with Gasteiger partial charge >= 0.3 is 12.2 Å². The first-order valence-corrected chi connectivity index (χ1v) is 14.9. The fraction of sp³-hybridized carbons (Fsp3) is 0.467. The molecule has 2 aliphatic rings. The van der Waals surface area contributed by atoms with Crippen molar-refractivity contribution in [2.24, 2.45) is 0 Å². The summed E-state index contributed by atoms with van der Waals surface area (Å²) in [6.45, 7) is 4.82. The van der Waals surface area contributed by atoms with Gasteiger partial charge in [0.25, 0.3) is 0 Å². The largest absolute Gasteiger partial charge is 0.462 e. The zero-order chi connectivity index (χ0) is 32.6. The van der Waals surface area contributed by atoms with Gasteiger partial charge in [-0.1, -0.05) is 17.7 Å². The SMILES string of the molecule is Cc1cc(N)nc(-c2c(Cl)cc3c(N4CCN(C(=O)/C=C/CO)CC4C)nc(OCC4CCCN4C)nc3c2F)c1C(F)(F)F. The second-order valence-corrected chi connectivity index (χ2v) is 11.8. The Morgan fingerprint density at radius 1 is 1.22 bits per heavy atom. The monoisotopic (exact) mass is 651 g/mol. The number of ether oxygens (including phenoxy) is 1. The number of pyridine rings is 1. The van der Waals surface area contributed by atoms with Crippen molar-refractivity contribution in [2.45, 2.75) is 44.9 Å². The summed E-state index contributed by atoms with van der Waals surface area (Å²) in [6.07, 6.45) is -0.336. The van der Waals surface area contributed by atoms with Crippen LogP contribution in [0.4, 0.5) is 29.2 Å². The zero-order valence-corrected chi connectivity index (χ0v) is 25.8. The van der Waals surface area contributed by atoms with Crippen molar-refractivity contribution in [3.63, 3.8) is 0 Å². The predicted octanol–water partition coefficient (Wildman–Crippen LogP) is 4.45. The topological polar surface area (TPSA) is 121 Å². The van der Waals surface area contributed by atoms with Crippen LogP contribution in [0.15, 0.2) is 24.3 Å². The number of aliphatic hydroxyl groups is 1. The van der Waals surface area contributed by atoms with E-state index in [1.54, 1.807) is 4.90 Å². The lowest BCUT2D eigenvalue weighted by Gasteiger charge is -2.40. The summed E-state index contributed by atoms with van der Waals surface area (Å²) in [5.74, 6) is -1.35. The zero-order valence-electron chi connectivity index (χ0n) is 25.0. The predicted molar refractivity (Wildman–Crippen MR) is 163 cm³/mol. The standard InChI is InChI=1S/C30H34ClF4N7O3/c1-16-12-21(36)37-27(24(16)30(33,34)35)23-20(31)13-19-26(25(23)32)38-29(45-15-18-6-4-8-40(18)3)39-28(19)42-10-9-41(14-17(42)2)22(44)7-5-11-43/h5,7,12-13,17-18,43H,4,6,8-11,14-15H2,1-3H3,(H2,36,37)/b7-5+. The summed E-state index contributed by atoms with van der Waals surface area (Å²) in [5, 5.41) is 8.86. The number of piperazine rings is 1. The summed E-state index contributed by atoms with van der Waals surface area (Å²) in [6, 6.07) is 2.03. The van der Waals surface area contributed by atoms with Gasteiger partial charge in [-0.3, -0.25) is 4.79 Å². The second-order valence-electron chi connectivity index (χ2n) is 11.4. The number of rotatable bonds is 7. The van der Waals surface area contributed by atoms with E-state index in [1.807, 2.05) is 18.9 Å². The number of benzene rings is 1. The summed E-state index contributed by atoms with van der Waals surface area (Å²) in [7, 11) is 1.97. The highest BCUT2D eigenvalue weighted by atomic mass is 35.5. The molecule has 3 N–H and O–H groups in total. The lowest BCUT2D eigenvalue weighted by atomic mass is 9.99. The van der Waals surface area contributed by atoms with E-state index < -0.39 is 28.8 Å². The number of nitrogens with two attached hydrogens (primary N) is 1. The fourth-order valence-electron chi connectivity index (χ4n) is 5.99. The minimum atomic E-state index is -4.87. The molecule has 2 unspecified atom stereocenters. The molecule has 242 valence electrons. The maximum Gasteiger partial charge on any atom is 0.418 e. The van der Waals surface area contributed by atoms with Gasteiger partial charge in [-0.15, -0.1) is 0 Å². The number of anilines is 2. The minimum Gasteiger partial charge on any atom is -0.462 e. The van der Waals surface area contributed by atoms with Crippen LogP contribution in [-0.2, 0) is 11.0 Å². The van der Waals surface area contributed by atoms with Gasteiger partial charge in [0.1, 0.15) is 23.8 Å².